The summed E-state index contributed by atoms with van der Waals surface area (Å²) in [5.41, 5.74) is 1.08. The number of phenolic OH excluding ortho intramolecular Hbond substituents is 2. The van der Waals surface area contributed by atoms with Crippen LogP contribution in [0.1, 0.15) is 31.1 Å². The summed E-state index contributed by atoms with van der Waals surface area (Å²) in [7, 11) is 0. The van der Waals surface area contributed by atoms with E-state index in [1.54, 1.807) is 57.2 Å². The zero-order chi connectivity index (χ0) is 15.6. The Balaban J connectivity index is 2.37. The van der Waals surface area contributed by atoms with Crippen LogP contribution in [-0.2, 0) is 4.74 Å². The monoisotopic (exact) mass is 286 g/mol. The Morgan fingerprint density at radius 2 is 1.52 bits per heavy atom. The summed E-state index contributed by atoms with van der Waals surface area (Å²) in [4.78, 5) is 12.1. The number of benzene rings is 2. The van der Waals surface area contributed by atoms with E-state index >= 15 is 0 Å². The van der Waals surface area contributed by atoms with Gasteiger partial charge < -0.3 is 14.9 Å². The number of carbonyl (C=O) groups excluding carboxylic acids is 1. The summed E-state index contributed by atoms with van der Waals surface area (Å²) in [5.74, 6) is -0.516. The van der Waals surface area contributed by atoms with Gasteiger partial charge in [-0.1, -0.05) is 18.2 Å². The van der Waals surface area contributed by atoms with E-state index in [4.69, 9.17) is 4.74 Å². The second-order valence-electron chi connectivity index (χ2n) is 5.78. The maximum Gasteiger partial charge on any atom is 0.342 e. The molecule has 2 rings (SSSR count). The van der Waals surface area contributed by atoms with Crippen LogP contribution in [0.3, 0.4) is 0 Å². The molecule has 0 spiro atoms. The molecule has 0 aliphatic carbocycles. The summed E-state index contributed by atoms with van der Waals surface area (Å²) >= 11 is 0. The first-order valence-electron chi connectivity index (χ1n) is 6.62. The standard InChI is InChI=1S/C17H18O4/c1-17(2,3)21-16(20)14-10-12(6-9-15(14)19)11-4-7-13(18)8-5-11/h4-10,18-19H,1-3H3. The Kier molecular flexibility index (Phi) is 3.89. The highest BCUT2D eigenvalue weighted by Gasteiger charge is 2.21. The Labute approximate surface area is 123 Å². The van der Waals surface area contributed by atoms with E-state index in [0.29, 0.717) is 0 Å². The van der Waals surface area contributed by atoms with Gasteiger partial charge in [0.1, 0.15) is 22.7 Å². The minimum absolute atomic E-state index is 0.119. The number of phenols is 2. The zero-order valence-electron chi connectivity index (χ0n) is 12.3. The molecule has 2 aromatic carbocycles. The van der Waals surface area contributed by atoms with Gasteiger partial charge in [0.15, 0.2) is 0 Å². The van der Waals surface area contributed by atoms with Crippen LogP contribution >= 0.6 is 0 Å². The van der Waals surface area contributed by atoms with E-state index in [9.17, 15) is 15.0 Å². The normalized spacial score (nSPS) is 11.2. The highest BCUT2D eigenvalue weighted by molar-refractivity contribution is 5.94. The molecule has 0 unspecified atom stereocenters. The van der Waals surface area contributed by atoms with Crippen molar-refractivity contribution in [3.63, 3.8) is 0 Å². The van der Waals surface area contributed by atoms with Crippen LogP contribution in [0, 0.1) is 0 Å². The van der Waals surface area contributed by atoms with E-state index in [-0.39, 0.29) is 17.1 Å². The SMILES string of the molecule is CC(C)(C)OC(=O)c1cc(-c2ccc(O)cc2)ccc1O. The Morgan fingerprint density at radius 3 is 2.10 bits per heavy atom. The van der Waals surface area contributed by atoms with Gasteiger partial charge in [-0.3, -0.25) is 0 Å². The summed E-state index contributed by atoms with van der Waals surface area (Å²) in [6, 6.07) is 11.3. The third-order valence-corrected chi connectivity index (χ3v) is 2.82. The molecule has 0 aliphatic rings. The number of aromatic hydroxyl groups is 2. The molecular formula is C17H18O4. The van der Waals surface area contributed by atoms with Gasteiger partial charge in [0.25, 0.3) is 0 Å². The molecule has 0 atom stereocenters. The van der Waals surface area contributed by atoms with Crippen LogP contribution < -0.4 is 0 Å². The molecule has 0 saturated heterocycles. The quantitative estimate of drug-likeness (QED) is 0.826. The minimum Gasteiger partial charge on any atom is -0.508 e. The van der Waals surface area contributed by atoms with E-state index < -0.39 is 11.6 Å². The lowest BCUT2D eigenvalue weighted by Gasteiger charge is -2.20. The van der Waals surface area contributed by atoms with Crippen molar-refractivity contribution in [3.05, 3.63) is 48.0 Å². The molecule has 2 aromatic rings. The lowest BCUT2D eigenvalue weighted by Crippen LogP contribution is -2.23. The Bertz CT molecular complexity index is 651. The molecule has 0 saturated carbocycles. The lowest BCUT2D eigenvalue weighted by atomic mass is 10.0. The highest BCUT2D eigenvalue weighted by atomic mass is 16.6. The molecule has 0 radical (unpaired) electrons. The molecule has 0 aliphatic heterocycles. The van der Waals surface area contributed by atoms with E-state index in [0.717, 1.165) is 11.1 Å². The summed E-state index contributed by atoms with van der Waals surface area (Å²) < 4.78 is 5.28. The van der Waals surface area contributed by atoms with Crippen molar-refractivity contribution in [1.82, 2.24) is 0 Å². The Hall–Kier alpha value is -2.49. The van der Waals surface area contributed by atoms with Crippen molar-refractivity contribution in [3.8, 4) is 22.6 Å². The van der Waals surface area contributed by atoms with Crippen molar-refractivity contribution in [2.75, 3.05) is 0 Å². The topological polar surface area (TPSA) is 66.8 Å². The van der Waals surface area contributed by atoms with Crippen molar-refractivity contribution in [2.24, 2.45) is 0 Å². The smallest absolute Gasteiger partial charge is 0.342 e. The summed E-state index contributed by atoms with van der Waals surface area (Å²) in [6.07, 6.45) is 0. The number of carbonyl (C=O) groups is 1. The fourth-order valence-electron chi connectivity index (χ4n) is 1.87. The van der Waals surface area contributed by atoms with E-state index in [2.05, 4.69) is 0 Å². The maximum atomic E-state index is 12.1. The van der Waals surface area contributed by atoms with Gasteiger partial charge in [0.2, 0.25) is 0 Å². The van der Waals surface area contributed by atoms with Crippen LogP contribution in [-0.4, -0.2) is 21.8 Å². The molecule has 0 aromatic heterocycles. The number of rotatable bonds is 2. The van der Waals surface area contributed by atoms with Gasteiger partial charge in [0.05, 0.1) is 0 Å². The minimum atomic E-state index is -0.627. The number of ether oxygens (including phenoxy) is 1. The zero-order valence-corrected chi connectivity index (χ0v) is 12.3. The number of hydrogen-bond donors (Lipinski definition) is 2. The average molecular weight is 286 g/mol. The summed E-state index contributed by atoms with van der Waals surface area (Å²) in [6.45, 7) is 5.31. The van der Waals surface area contributed by atoms with Crippen LogP contribution in [0.4, 0.5) is 0 Å². The largest absolute Gasteiger partial charge is 0.508 e. The van der Waals surface area contributed by atoms with Gasteiger partial charge in [-0.05, 0) is 56.2 Å². The highest BCUT2D eigenvalue weighted by Crippen LogP contribution is 2.28. The van der Waals surface area contributed by atoms with Crippen molar-refractivity contribution in [1.29, 1.82) is 0 Å². The van der Waals surface area contributed by atoms with Crippen LogP contribution in [0.2, 0.25) is 0 Å². The molecule has 4 nitrogen and oxygen atoms in total. The summed E-state index contributed by atoms with van der Waals surface area (Å²) in [5, 5.41) is 19.2. The van der Waals surface area contributed by atoms with Gasteiger partial charge in [-0.2, -0.15) is 0 Å². The molecule has 21 heavy (non-hydrogen) atoms. The predicted molar refractivity (Wildman–Crippen MR) is 80.4 cm³/mol. The molecule has 0 amide bonds. The molecule has 0 fully saturated rings. The lowest BCUT2D eigenvalue weighted by molar-refractivity contribution is 0.00669. The van der Waals surface area contributed by atoms with Crippen molar-refractivity contribution < 1.29 is 19.7 Å². The molecule has 0 heterocycles. The third-order valence-electron chi connectivity index (χ3n) is 2.82. The fraction of sp³-hybridized carbons (Fsp3) is 0.235. The predicted octanol–water partition coefficient (Wildman–Crippen LogP) is 3.72. The second-order valence-corrected chi connectivity index (χ2v) is 5.78. The van der Waals surface area contributed by atoms with Gasteiger partial charge >= 0.3 is 5.97 Å². The first-order chi connectivity index (χ1) is 9.76. The number of hydrogen-bond acceptors (Lipinski definition) is 4. The second kappa shape index (κ2) is 5.48. The van der Waals surface area contributed by atoms with Crippen molar-refractivity contribution in [2.45, 2.75) is 26.4 Å². The number of esters is 1. The maximum absolute atomic E-state index is 12.1. The molecule has 110 valence electrons. The molecule has 2 N–H and O–H groups in total. The third kappa shape index (κ3) is 3.75. The van der Waals surface area contributed by atoms with E-state index in [1.807, 2.05) is 0 Å². The fourth-order valence-corrected chi connectivity index (χ4v) is 1.87. The molecule has 0 bridgehead atoms. The Morgan fingerprint density at radius 1 is 0.952 bits per heavy atom. The first kappa shape index (κ1) is 14.9. The van der Waals surface area contributed by atoms with Crippen LogP contribution in [0.25, 0.3) is 11.1 Å². The molecular weight excluding hydrogens is 268 g/mol. The first-order valence-corrected chi connectivity index (χ1v) is 6.62. The molecule has 4 heteroatoms. The van der Waals surface area contributed by atoms with Gasteiger partial charge in [-0.25, -0.2) is 4.79 Å². The van der Waals surface area contributed by atoms with Gasteiger partial charge in [-0.15, -0.1) is 0 Å². The van der Waals surface area contributed by atoms with Crippen LogP contribution in [0.5, 0.6) is 11.5 Å². The van der Waals surface area contributed by atoms with Gasteiger partial charge in [0, 0.05) is 0 Å². The van der Waals surface area contributed by atoms with Crippen molar-refractivity contribution >= 4 is 5.97 Å². The van der Waals surface area contributed by atoms with Crippen LogP contribution in [0.15, 0.2) is 42.5 Å². The van der Waals surface area contributed by atoms with E-state index in [1.165, 1.54) is 6.07 Å². The average Bonchev–Trinajstić information content (AvgIpc) is 2.38.